The van der Waals surface area contributed by atoms with Gasteiger partial charge in [-0.1, -0.05) is 31.2 Å². The van der Waals surface area contributed by atoms with E-state index in [0.717, 1.165) is 12.0 Å². The van der Waals surface area contributed by atoms with Crippen molar-refractivity contribution in [3.8, 4) is 22.8 Å². The van der Waals surface area contributed by atoms with Gasteiger partial charge in [-0.3, -0.25) is 9.89 Å². The maximum Gasteiger partial charge on any atom is 0.289 e. The van der Waals surface area contributed by atoms with E-state index < -0.39 is 0 Å². The van der Waals surface area contributed by atoms with E-state index in [4.69, 9.17) is 9.47 Å². The summed E-state index contributed by atoms with van der Waals surface area (Å²) in [6.07, 6.45) is 2.48. The van der Waals surface area contributed by atoms with Gasteiger partial charge in [0.1, 0.15) is 17.2 Å². The fraction of sp³-hybridized carbons (Fsp3) is 0.190. The summed E-state index contributed by atoms with van der Waals surface area (Å²) >= 11 is 0. The van der Waals surface area contributed by atoms with Crippen LogP contribution < -0.4 is 14.9 Å². The molecule has 144 valence electrons. The van der Waals surface area contributed by atoms with E-state index in [1.54, 1.807) is 38.5 Å². The Balaban J connectivity index is 1.68. The van der Waals surface area contributed by atoms with E-state index in [0.29, 0.717) is 28.5 Å². The van der Waals surface area contributed by atoms with E-state index in [9.17, 15) is 4.79 Å². The Morgan fingerprint density at radius 3 is 2.61 bits per heavy atom. The Hall–Kier alpha value is -3.61. The number of amides is 1. The van der Waals surface area contributed by atoms with E-state index in [-0.39, 0.29) is 5.91 Å². The monoisotopic (exact) mass is 378 g/mol. The molecule has 1 aromatic heterocycles. The van der Waals surface area contributed by atoms with Crippen molar-refractivity contribution in [2.75, 3.05) is 14.2 Å². The number of nitrogens with zero attached hydrogens (tertiary/aromatic N) is 2. The van der Waals surface area contributed by atoms with Gasteiger partial charge >= 0.3 is 0 Å². The van der Waals surface area contributed by atoms with Crippen molar-refractivity contribution in [2.24, 2.45) is 5.10 Å². The molecule has 0 aliphatic rings. The van der Waals surface area contributed by atoms with Crippen LogP contribution >= 0.6 is 0 Å². The van der Waals surface area contributed by atoms with Crippen LogP contribution in [0.2, 0.25) is 0 Å². The van der Waals surface area contributed by atoms with E-state index in [1.165, 1.54) is 11.8 Å². The fourth-order valence-corrected chi connectivity index (χ4v) is 2.66. The Morgan fingerprint density at radius 2 is 1.93 bits per heavy atom. The van der Waals surface area contributed by atoms with Gasteiger partial charge in [-0.25, -0.2) is 5.43 Å². The zero-order valence-corrected chi connectivity index (χ0v) is 16.0. The molecule has 0 unspecified atom stereocenters. The number of benzene rings is 2. The van der Waals surface area contributed by atoms with E-state index in [2.05, 4.69) is 39.8 Å². The number of hydrazone groups is 1. The van der Waals surface area contributed by atoms with Crippen LogP contribution in [0.5, 0.6) is 11.5 Å². The van der Waals surface area contributed by atoms with Crippen LogP contribution in [0, 0.1) is 0 Å². The van der Waals surface area contributed by atoms with Crippen molar-refractivity contribution in [3.05, 3.63) is 65.4 Å². The summed E-state index contributed by atoms with van der Waals surface area (Å²) in [6.45, 7) is 2.10. The molecular weight excluding hydrogens is 356 g/mol. The van der Waals surface area contributed by atoms with Crippen molar-refractivity contribution in [1.82, 2.24) is 15.6 Å². The second-order valence-corrected chi connectivity index (χ2v) is 6.02. The summed E-state index contributed by atoms with van der Waals surface area (Å²) in [7, 11) is 3.15. The highest BCUT2D eigenvalue weighted by molar-refractivity contribution is 5.94. The number of carbonyl (C=O) groups excluding carboxylic acids is 1. The van der Waals surface area contributed by atoms with Crippen LogP contribution in [-0.2, 0) is 6.42 Å². The Kier molecular flexibility index (Phi) is 6.06. The summed E-state index contributed by atoms with van der Waals surface area (Å²) < 4.78 is 10.5. The minimum absolute atomic E-state index is 0.323. The first-order chi connectivity index (χ1) is 13.6. The van der Waals surface area contributed by atoms with E-state index in [1.807, 2.05) is 12.1 Å². The maximum atomic E-state index is 12.3. The molecule has 0 aliphatic carbocycles. The number of hydrogen-bond donors (Lipinski definition) is 2. The zero-order valence-electron chi connectivity index (χ0n) is 16.0. The van der Waals surface area contributed by atoms with Crippen molar-refractivity contribution in [1.29, 1.82) is 0 Å². The molecule has 2 N–H and O–H groups in total. The van der Waals surface area contributed by atoms with Crippen LogP contribution in [0.3, 0.4) is 0 Å². The number of aromatic nitrogens is 2. The van der Waals surface area contributed by atoms with Crippen molar-refractivity contribution >= 4 is 12.1 Å². The average Bonchev–Trinajstić information content (AvgIpc) is 3.24. The molecule has 0 saturated carbocycles. The smallest absolute Gasteiger partial charge is 0.289 e. The molecule has 0 bridgehead atoms. The summed E-state index contributed by atoms with van der Waals surface area (Å²) in [5.41, 5.74) is 6.38. The molecule has 2 aromatic carbocycles. The minimum atomic E-state index is -0.387. The Morgan fingerprint density at radius 1 is 1.14 bits per heavy atom. The van der Waals surface area contributed by atoms with Crippen LogP contribution in [-0.4, -0.2) is 36.5 Å². The summed E-state index contributed by atoms with van der Waals surface area (Å²) in [5.74, 6) is 0.904. The number of ether oxygens (including phenoxy) is 2. The second kappa shape index (κ2) is 8.85. The quantitative estimate of drug-likeness (QED) is 0.487. The lowest BCUT2D eigenvalue weighted by Gasteiger charge is -2.06. The van der Waals surface area contributed by atoms with Gasteiger partial charge in [-0.15, -0.1) is 0 Å². The topological polar surface area (TPSA) is 88.6 Å². The third-order valence-electron chi connectivity index (χ3n) is 4.29. The van der Waals surface area contributed by atoms with Crippen molar-refractivity contribution < 1.29 is 14.3 Å². The molecule has 7 nitrogen and oxygen atoms in total. The molecular formula is C21H22N4O3. The molecule has 3 rings (SSSR count). The van der Waals surface area contributed by atoms with Crippen LogP contribution in [0.4, 0.5) is 0 Å². The number of nitrogens with one attached hydrogen (secondary N) is 2. The predicted octanol–water partition coefficient (Wildman–Crippen LogP) is 3.42. The van der Waals surface area contributed by atoms with Gasteiger partial charge in [0.05, 0.1) is 26.1 Å². The number of aromatic amines is 1. The lowest BCUT2D eigenvalue weighted by Crippen LogP contribution is -2.18. The summed E-state index contributed by atoms with van der Waals surface area (Å²) in [4.78, 5) is 12.3. The fourth-order valence-electron chi connectivity index (χ4n) is 2.66. The van der Waals surface area contributed by atoms with Crippen LogP contribution in [0.15, 0.2) is 53.6 Å². The molecule has 28 heavy (non-hydrogen) atoms. The molecule has 3 aromatic rings. The molecule has 0 fully saturated rings. The third-order valence-corrected chi connectivity index (χ3v) is 4.29. The number of methoxy groups -OCH3 is 2. The Labute approximate surface area is 163 Å². The number of H-pyrrole nitrogens is 1. The highest BCUT2D eigenvalue weighted by Crippen LogP contribution is 2.22. The van der Waals surface area contributed by atoms with Gasteiger partial charge in [0.2, 0.25) is 0 Å². The molecule has 0 atom stereocenters. The maximum absolute atomic E-state index is 12.3. The molecule has 0 saturated heterocycles. The highest BCUT2D eigenvalue weighted by Gasteiger charge is 2.10. The predicted molar refractivity (Wildman–Crippen MR) is 108 cm³/mol. The van der Waals surface area contributed by atoms with Gasteiger partial charge in [-0.05, 0) is 36.2 Å². The minimum Gasteiger partial charge on any atom is -0.497 e. The molecule has 0 spiro atoms. The van der Waals surface area contributed by atoms with E-state index >= 15 is 0 Å². The van der Waals surface area contributed by atoms with Gasteiger partial charge in [0.25, 0.3) is 5.91 Å². The van der Waals surface area contributed by atoms with Crippen LogP contribution in [0.1, 0.15) is 28.5 Å². The third kappa shape index (κ3) is 4.37. The largest absolute Gasteiger partial charge is 0.497 e. The molecule has 0 radical (unpaired) electrons. The lowest BCUT2D eigenvalue weighted by atomic mass is 10.1. The van der Waals surface area contributed by atoms with Gasteiger partial charge in [0, 0.05) is 11.1 Å². The van der Waals surface area contributed by atoms with Crippen LogP contribution in [0.25, 0.3) is 11.3 Å². The van der Waals surface area contributed by atoms with Gasteiger partial charge in [-0.2, -0.15) is 10.2 Å². The zero-order chi connectivity index (χ0) is 19.9. The normalized spacial score (nSPS) is 10.8. The number of rotatable bonds is 7. The Bertz CT molecular complexity index is 978. The summed E-state index contributed by atoms with van der Waals surface area (Å²) in [5, 5.41) is 10.9. The first-order valence-electron chi connectivity index (χ1n) is 8.84. The number of carbonyl (C=O) groups is 1. The van der Waals surface area contributed by atoms with Crippen molar-refractivity contribution in [2.45, 2.75) is 13.3 Å². The molecule has 1 heterocycles. The molecule has 0 aliphatic heterocycles. The first-order valence-corrected chi connectivity index (χ1v) is 8.84. The SMILES string of the molecule is CCc1ccc(-c2cc(C(=O)N/N=C\c3cc(OC)ccc3OC)[nH]n2)cc1. The number of hydrogen-bond acceptors (Lipinski definition) is 5. The molecule has 1 amide bonds. The second-order valence-electron chi connectivity index (χ2n) is 6.02. The lowest BCUT2D eigenvalue weighted by molar-refractivity contribution is 0.0950. The highest BCUT2D eigenvalue weighted by atomic mass is 16.5. The average molecular weight is 378 g/mol. The number of aryl methyl sites for hydroxylation is 1. The first kappa shape index (κ1) is 19.2. The standard InChI is InChI=1S/C21H22N4O3/c1-4-14-5-7-15(8-6-14)18-12-19(24-23-18)21(26)25-22-13-16-11-17(27-2)9-10-20(16)28-3/h5-13H,4H2,1-3H3,(H,23,24)(H,25,26)/b22-13-. The molecule has 7 heteroatoms. The van der Waals surface area contributed by atoms with Gasteiger partial charge in [0.15, 0.2) is 0 Å². The van der Waals surface area contributed by atoms with Gasteiger partial charge < -0.3 is 9.47 Å². The summed E-state index contributed by atoms with van der Waals surface area (Å²) in [6, 6.07) is 15.1. The van der Waals surface area contributed by atoms with Crippen molar-refractivity contribution in [3.63, 3.8) is 0 Å².